The molecule has 0 bridgehead atoms. The Labute approximate surface area is 131 Å². The van der Waals surface area contributed by atoms with Gasteiger partial charge in [-0.2, -0.15) is 5.10 Å². The SMILES string of the molecule is CCCCCOCc1ccc(C=Nn2cc(C)nc2N)cc1. The Bertz CT molecular complexity index is 602. The Kier molecular flexibility index (Phi) is 6.15. The Balaban J connectivity index is 1.85. The van der Waals surface area contributed by atoms with E-state index in [1.165, 1.54) is 18.4 Å². The van der Waals surface area contributed by atoms with Crippen LogP contribution in [0, 0.1) is 6.92 Å². The first kappa shape index (κ1) is 16.2. The number of imidazole rings is 1. The van der Waals surface area contributed by atoms with Crippen molar-refractivity contribution in [2.75, 3.05) is 12.3 Å². The lowest BCUT2D eigenvalue weighted by Crippen LogP contribution is -1.97. The lowest BCUT2D eigenvalue weighted by Gasteiger charge is -2.04. The van der Waals surface area contributed by atoms with Gasteiger partial charge in [-0.15, -0.1) is 0 Å². The number of ether oxygens (including phenoxy) is 1. The third-order valence-electron chi connectivity index (χ3n) is 3.31. The van der Waals surface area contributed by atoms with Gasteiger partial charge in [0.05, 0.1) is 24.7 Å². The largest absolute Gasteiger partial charge is 0.377 e. The summed E-state index contributed by atoms with van der Waals surface area (Å²) in [4.78, 5) is 4.10. The van der Waals surface area contributed by atoms with Crippen molar-refractivity contribution < 1.29 is 4.74 Å². The lowest BCUT2D eigenvalue weighted by atomic mass is 10.1. The average molecular weight is 300 g/mol. The van der Waals surface area contributed by atoms with Gasteiger partial charge in [-0.25, -0.2) is 9.66 Å². The van der Waals surface area contributed by atoms with Crippen LogP contribution in [-0.4, -0.2) is 22.5 Å². The fourth-order valence-electron chi connectivity index (χ4n) is 2.07. The van der Waals surface area contributed by atoms with Crippen molar-refractivity contribution in [1.29, 1.82) is 0 Å². The summed E-state index contributed by atoms with van der Waals surface area (Å²) in [7, 11) is 0. The highest BCUT2D eigenvalue weighted by Crippen LogP contribution is 2.07. The van der Waals surface area contributed by atoms with Crippen molar-refractivity contribution in [3.8, 4) is 0 Å². The zero-order valence-electron chi connectivity index (χ0n) is 13.3. The number of benzene rings is 1. The highest BCUT2D eigenvalue weighted by molar-refractivity contribution is 5.79. The predicted molar refractivity (Wildman–Crippen MR) is 90.0 cm³/mol. The van der Waals surface area contributed by atoms with Crippen LogP contribution in [0.2, 0.25) is 0 Å². The van der Waals surface area contributed by atoms with Gasteiger partial charge in [0, 0.05) is 6.61 Å². The van der Waals surface area contributed by atoms with E-state index in [0.717, 1.165) is 24.3 Å². The minimum absolute atomic E-state index is 0.394. The molecule has 2 aromatic rings. The first-order chi connectivity index (χ1) is 10.7. The first-order valence-electron chi connectivity index (χ1n) is 7.71. The van der Waals surface area contributed by atoms with Gasteiger partial charge in [-0.05, 0) is 24.5 Å². The van der Waals surface area contributed by atoms with Crippen molar-refractivity contribution in [2.45, 2.75) is 39.7 Å². The molecule has 0 atom stereocenters. The molecular weight excluding hydrogens is 276 g/mol. The molecular formula is C17H24N4O. The minimum atomic E-state index is 0.394. The average Bonchev–Trinajstić information content (AvgIpc) is 2.84. The Morgan fingerprint density at radius 1 is 1.27 bits per heavy atom. The van der Waals surface area contributed by atoms with Crippen molar-refractivity contribution in [3.05, 3.63) is 47.3 Å². The van der Waals surface area contributed by atoms with E-state index in [4.69, 9.17) is 10.5 Å². The zero-order chi connectivity index (χ0) is 15.8. The summed E-state index contributed by atoms with van der Waals surface area (Å²) in [5.74, 6) is 0.394. The number of anilines is 1. The number of nitrogen functional groups attached to an aromatic ring is 1. The molecule has 1 aromatic carbocycles. The molecule has 0 aliphatic carbocycles. The quantitative estimate of drug-likeness (QED) is 0.600. The number of hydrogen-bond acceptors (Lipinski definition) is 4. The molecule has 5 nitrogen and oxygen atoms in total. The summed E-state index contributed by atoms with van der Waals surface area (Å²) in [5, 5.41) is 4.30. The molecule has 0 aliphatic rings. The molecule has 0 saturated heterocycles. The molecule has 0 saturated carbocycles. The number of aryl methyl sites for hydroxylation is 1. The van der Waals surface area contributed by atoms with E-state index in [1.54, 1.807) is 17.1 Å². The second-order valence-electron chi connectivity index (χ2n) is 5.33. The number of nitrogens with two attached hydrogens (primary N) is 1. The van der Waals surface area contributed by atoms with Crippen molar-refractivity contribution in [3.63, 3.8) is 0 Å². The molecule has 5 heteroatoms. The van der Waals surface area contributed by atoms with Gasteiger partial charge >= 0.3 is 0 Å². The molecule has 0 amide bonds. The molecule has 1 aromatic heterocycles. The third kappa shape index (κ3) is 5.00. The second-order valence-corrected chi connectivity index (χ2v) is 5.33. The van der Waals surface area contributed by atoms with E-state index in [0.29, 0.717) is 12.6 Å². The van der Waals surface area contributed by atoms with Crippen LogP contribution in [0.5, 0.6) is 0 Å². The van der Waals surface area contributed by atoms with Gasteiger partial charge < -0.3 is 10.5 Å². The summed E-state index contributed by atoms with van der Waals surface area (Å²) in [6, 6.07) is 8.16. The van der Waals surface area contributed by atoms with Crippen LogP contribution in [0.1, 0.15) is 43.0 Å². The van der Waals surface area contributed by atoms with Gasteiger partial charge in [-0.1, -0.05) is 44.0 Å². The maximum atomic E-state index is 5.74. The van der Waals surface area contributed by atoms with Crippen LogP contribution in [0.4, 0.5) is 5.95 Å². The van der Waals surface area contributed by atoms with Crippen molar-refractivity contribution in [1.82, 2.24) is 9.66 Å². The van der Waals surface area contributed by atoms with Gasteiger partial charge in [0.25, 0.3) is 0 Å². The molecule has 0 aliphatic heterocycles. The fraction of sp³-hybridized carbons (Fsp3) is 0.412. The third-order valence-corrected chi connectivity index (χ3v) is 3.31. The van der Waals surface area contributed by atoms with Crippen molar-refractivity contribution in [2.24, 2.45) is 5.10 Å². The molecule has 0 unspecified atom stereocenters. The van der Waals surface area contributed by atoms with Crippen LogP contribution in [0.3, 0.4) is 0 Å². The Morgan fingerprint density at radius 2 is 2.05 bits per heavy atom. The number of nitrogens with zero attached hydrogens (tertiary/aromatic N) is 3. The zero-order valence-corrected chi connectivity index (χ0v) is 13.3. The maximum Gasteiger partial charge on any atom is 0.221 e. The normalized spacial score (nSPS) is 11.4. The summed E-state index contributed by atoms with van der Waals surface area (Å²) >= 11 is 0. The highest BCUT2D eigenvalue weighted by Gasteiger charge is 1.98. The smallest absolute Gasteiger partial charge is 0.221 e. The molecule has 0 spiro atoms. The summed E-state index contributed by atoms with van der Waals surface area (Å²) in [6.07, 6.45) is 7.14. The summed E-state index contributed by atoms with van der Waals surface area (Å²) in [6.45, 7) is 5.57. The van der Waals surface area contributed by atoms with Gasteiger partial charge in [0.15, 0.2) is 0 Å². The van der Waals surface area contributed by atoms with E-state index in [1.807, 2.05) is 19.1 Å². The number of hydrogen-bond donors (Lipinski definition) is 1. The molecule has 2 rings (SSSR count). The van der Waals surface area contributed by atoms with E-state index in [-0.39, 0.29) is 0 Å². The predicted octanol–water partition coefficient (Wildman–Crippen LogP) is 3.36. The van der Waals surface area contributed by atoms with Crippen LogP contribution < -0.4 is 5.73 Å². The number of rotatable bonds is 8. The van der Waals surface area contributed by atoms with E-state index >= 15 is 0 Å². The topological polar surface area (TPSA) is 65.4 Å². The van der Waals surface area contributed by atoms with Crippen LogP contribution in [0.25, 0.3) is 0 Å². The summed E-state index contributed by atoms with van der Waals surface area (Å²) in [5.41, 5.74) is 8.78. The minimum Gasteiger partial charge on any atom is -0.377 e. The number of aromatic nitrogens is 2. The molecule has 2 N–H and O–H groups in total. The first-order valence-corrected chi connectivity index (χ1v) is 7.71. The molecule has 1 heterocycles. The van der Waals surface area contributed by atoms with Crippen LogP contribution >= 0.6 is 0 Å². The maximum absolute atomic E-state index is 5.74. The molecule has 0 radical (unpaired) electrons. The van der Waals surface area contributed by atoms with Crippen LogP contribution in [0.15, 0.2) is 35.6 Å². The van der Waals surface area contributed by atoms with Gasteiger partial charge in [0.2, 0.25) is 5.95 Å². The number of unbranched alkanes of at least 4 members (excludes halogenated alkanes) is 2. The van der Waals surface area contributed by atoms with E-state index < -0.39 is 0 Å². The van der Waals surface area contributed by atoms with Crippen molar-refractivity contribution >= 4 is 12.2 Å². The molecule has 118 valence electrons. The molecule has 22 heavy (non-hydrogen) atoms. The van der Waals surface area contributed by atoms with E-state index in [9.17, 15) is 0 Å². The molecule has 0 fully saturated rings. The van der Waals surface area contributed by atoms with Crippen LogP contribution in [-0.2, 0) is 11.3 Å². The second kappa shape index (κ2) is 8.34. The highest BCUT2D eigenvalue weighted by atomic mass is 16.5. The van der Waals surface area contributed by atoms with E-state index in [2.05, 4.69) is 29.1 Å². The van der Waals surface area contributed by atoms with Gasteiger partial charge in [0.1, 0.15) is 0 Å². The lowest BCUT2D eigenvalue weighted by molar-refractivity contribution is 0.117. The Hall–Kier alpha value is -2.14. The Morgan fingerprint density at radius 3 is 2.68 bits per heavy atom. The fourth-order valence-corrected chi connectivity index (χ4v) is 2.07. The van der Waals surface area contributed by atoms with Gasteiger partial charge in [-0.3, -0.25) is 0 Å². The monoisotopic (exact) mass is 300 g/mol. The summed E-state index contributed by atoms with van der Waals surface area (Å²) < 4.78 is 7.22. The standard InChI is InChI=1S/C17H24N4O/c1-3-4-5-10-22-13-16-8-6-15(7-9-16)11-19-21-12-14(2)20-17(21)18/h6-9,11-12H,3-5,10,13H2,1-2H3,(H2,18,20).